The lowest BCUT2D eigenvalue weighted by Gasteiger charge is -2.24. The van der Waals surface area contributed by atoms with Crippen LogP contribution in [0.3, 0.4) is 0 Å². The Hall–Kier alpha value is -2.19. The van der Waals surface area contributed by atoms with E-state index in [-0.39, 0.29) is 41.2 Å². The number of hydrogen-bond acceptors (Lipinski definition) is 5. The molecular formula is C18H26ClN5O3. The van der Waals surface area contributed by atoms with Gasteiger partial charge < -0.3 is 10.6 Å². The first-order valence-corrected chi connectivity index (χ1v) is 9.04. The molecule has 9 heteroatoms. The van der Waals surface area contributed by atoms with E-state index in [9.17, 15) is 14.4 Å². The summed E-state index contributed by atoms with van der Waals surface area (Å²) in [5.41, 5.74) is 5.96. The molecule has 1 fully saturated rings. The third-order valence-corrected chi connectivity index (χ3v) is 4.96. The molecule has 3 rings (SSSR count). The Morgan fingerprint density at radius 1 is 1.44 bits per heavy atom. The summed E-state index contributed by atoms with van der Waals surface area (Å²) in [6.07, 6.45) is 2.72. The number of nitrogens with two attached hydrogens (primary N) is 1. The Morgan fingerprint density at radius 2 is 2.11 bits per heavy atom. The average Bonchev–Trinajstić information content (AvgIpc) is 3.47. The van der Waals surface area contributed by atoms with Gasteiger partial charge in [0.25, 0.3) is 11.5 Å². The van der Waals surface area contributed by atoms with Crippen molar-refractivity contribution in [2.24, 2.45) is 5.73 Å². The lowest BCUT2D eigenvalue weighted by molar-refractivity contribution is 0.0750. The van der Waals surface area contributed by atoms with Crippen LogP contribution in [0.4, 0.5) is 0 Å². The highest BCUT2D eigenvalue weighted by atomic mass is 35.5. The lowest BCUT2D eigenvalue weighted by Crippen LogP contribution is -2.40. The number of halogens is 1. The molecule has 1 unspecified atom stereocenters. The van der Waals surface area contributed by atoms with Gasteiger partial charge in [-0.1, -0.05) is 6.92 Å². The van der Waals surface area contributed by atoms with Crippen molar-refractivity contribution in [3.63, 3.8) is 0 Å². The Labute approximate surface area is 163 Å². The van der Waals surface area contributed by atoms with Gasteiger partial charge in [-0.05, 0) is 32.3 Å². The minimum Gasteiger partial charge on any atom is -0.338 e. The zero-order valence-corrected chi connectivity index (χ0v) is 16.6. The Bertz CT molecular complexity index is 964. The largest absolute Gasteiger partial charge is 0.338 e. The smallest absolute Gasteiger partial charge is 0.329 e. The van der Waals surface area contributed by atoms with Crippen molar-refractivity contribution in [3.8, 4) is 0 Å². The predicted octanol–water partition coefficient (Wildman–Crippen LogP) is 1.21. The number of amides is 1. The van der Waals surface area contributed by atoms with Crippen LogP contribution >= 0.6 is 12.4 Å². The van der Waals surface area contributed by atoms with E-state index in [1.54, 1.807) is 13.1 Å². The van der Waals surface area contributed by atoms with Crippen LogP contribution in [-0.4, -0.2) is 45.0 Å². The zero-order valence-electron chi connectivity index (χ0n) is 15.8. The van der Waals surface area contributed by atoms with Crippen molar-refractivity contribution in [3.05, 3.63) is 38.2 Å². The molecule has 1 aliphatic rings. The van der Waals surface area contributed by atoms with Gasteiger partial charge in [-0.25, -0.2) is 9.78 Å². The van der Waals surface area contributed by atoms with Crippen LogP contribution in [0.25, 0.3) is 11.0 Å². The van der Waals surface area contributed by atoms with E-state index in [0.717, 1.165) is 18.5 Å². The summed E-state index contributed by atoms with van der Waals surface area (Å²) in [4.78, 5) is 46.3. The van der Waals surface area contributed by atoms with Crippen LogP contribution in [0.2, 0.25) is 0 Å². The quantitative estimate of drug-likeness (QED) is 0.763. The number of aryl methyl sites for hydroxylation is 1. The number of hydrogen-bond donors (Lipinski definition) is 2. The van der Waals surface area contributed by atoms with E-state index in [2.05, 4.69) is 9.97 Å². The van der Waals surface area contributed by atoms with Crippen LogP contribution in [0.1, 0.15) is 55.1 Å². The van der Waals surface area contributed by atoms with Crippen LogP contribution in [0.15, 0.2) is 15.7 Å². The third kappa shape index (κ3) is 3.91. The normalized spacial score (nSPS) is 14.7. The fourth-order valence-corrected chi connectivity index (χ4v) is 3.03. The molecule has 1 atom stereocenters. The van der Waals surface area contributed by atoms with E-state index < -0.39 is 11.2 Å². The number of carbonyl (C=O) groups is 1. The van der Waals surface area contributed by atoms with E-state index in [1.807, 2.05) is 13.8 Å². The van der Waals surface area contributed by atoms with Gasteiger partial charge in [-0.15, -0.1) is 12.4 Å². The zero-order chi connectivity index (χ0) is 19.0. The van der Waals surface area contributed by atoms with E-state index in [0.29, 0.717) is 25.2 Å². The molecule has 148 valence electrons. The molecule has 3 N–H and O–H groups in total. The predicted molar refractivity (Wildman–Crippen MR) is 107 cm³/mol. The van der Waals surface area contributed by atoms with Gasteiger partial charge in [-0.2, -0.15) is 0 Å². The lowest BCUT2D eigenvalue weighted by atomic mass is 10.1. The highest BCUT2D eigenvalue weighted by Gasteiger charge is 2.30. The standard InChI is InChI=1S/C18H25N5O3.ClH/c1-4-7-23-15-14(16(24)21-18(23)26)12(8-13(20-15)11-5-6-11)17(25)22(3)10(2)9-19;/h8,10-11H,4-7,9,19H2,1-3H3,(H,21,24,26);1H. The number of pyridine rings is 1. The summed E-state index contributed by atoms with van der Waals surface area (Å²) in [6, 6.07) is 1.54. The molecule has 1 saturated carbocycles. The van der Waals surface area contributed by atoms with Crippen molar-refractivity contribution in [2.75, 3.05) is 13.6 Å². The average molecular weight is 396 g/mol. The topological polar surface area (TPSA) is 114 Å². The molecule has 0 spiro atoms. The third-order valence-electron chi connectivity index (χ3n) is 4.96. The van der Waals surface area contributed by atoms with Crippen molar-refractivity contribution in [1.29, 1.82) is 0 Å². The Balaban J connectivity index is 0.00000261. The number of aromatic amines is 1. The summed E-state index contributed by atoms with van der Waals surface area (Å²) >= 11 is 0. The fourth-order valence-electron chi connectivity index (χ4n) is 3.03. The van der Waals surface area contributed by atoms with Crippen LogP contribution < -0.4 is 17.0 Å². The molecule has 1 aliphatic carbocycles. The number of likely N-dealkylation sites (N-methyl/N-ethyl adjacent to an activating group) is 1. The molecule has 0 bridgehead atoms. The van der Waals surface area contributed by atoms with Crippen molar-refractivity contribution >= 4 is 29.3 Å². The van der Waals surface area contributed by atoms with E-state index >= 15 is 0 Å². The molecule has 2 heterocycles. The summed E-state index contributed by atoms with van der Waals surface area (Å²) in [6.45, 7) is 4.53. The highest BCUT2D eigenvalue weighted by molar-refractivity contribution is 6.05. The molecule has 2 aromatic rings. The number of carbonyl (C=O) groups excluding carboxylic acids is 1. The fraction of sp³-hybridized carbons (Fsp3) is 0.556. The molecule has 0 saturated heterocycles. The van der Waals surface area contributed by atoms with Gasteiger partial charge >= 0.3 is 5.69 Å². The number of nitrogens with zero attached hydrogens (tertiary/aromatic N) is 3. The number of fused-ring (bicyclic) bond motifs is 1. The summed E-state index contributed by atoms with van der Waals surface area (Å²) < 4.78 is 1.45. The molecule has 0 aromatic carbocycles. The van der Waals surface area contributed by atoms with Crippen molar-refractivity contribution in [2.45, 2.75) is 51.6 Å². The van der Waals surface area contributed by atoms with Gasteiger partial charge in [0.1, 0.15) is 0 Å². The van der Waals surface area contributed by atoms with Gasteiger partial charge in [0.2, 0.25) is 0 Å². The monoisotopic (exact) mass is 395 g/mol. The first kappa shape index (κ1) is 21.1. The minimum absolute atomic E-state index is 0. The first-order chi connectivity index (χ1) is 12.4. The molecule has 1 amide bonds. The minimum atomic E-state index is -0.579. The van der Waals surface area contributed by atoms with Crippen molar-refractivity contribution < 1.29 is 4.79 Å². The van der Waals surface area contributed by atoms with Crippen LogP contribution in [-0.2, 0) is 6.54 Å². The highest BCUT2D eigenvalue weighted by Crippen LogP contribution is 2.40. The molecule has 0 aliphatic heterocycles. The second kappa shape index (κ2) is 8.22. The second-order valence-electron chi connectivity index (χ2n) is 6.98. The second-order valence-corrected chi connectivity index (χ2v) is 6.98. The van der Waals surface area contributed by atoms with Gasteiger partial charge in [-0.3, -0.25) is 19.1 Å². The number of H-pyrrole nitrogens is 1. The van der Waals surface area contributed by atoms with Gasteiger partial charge in [0.05, 0.1) is 10.9 Å². The molecule has 0 radical (unpaired) electrons. The Morgan fingerprint density at radius 3 is 2.67 bits per heavy atom. The summed E-state index contributed by atoms with van der Waals surface area (Å²) in [7, 11) is 1.67. The number of nitrogens with one attached hydrogen (secondary N) is 1. The van der Waals surface area contributed by atoms with E-state index in [1.165, 1.54) is 9.47 Å². The SMILES string of the molecule is CCCn1c(=O)[nH]c(=O)c2c(C(=O)N(C)C(C)CN)cc(C3CC3)nc21.Cl. The van der Waals surface area contributed by atoms with Gasteiger partial charge in [0, 0.05) is 37.8 Å². The van der Waals surface area contributed by atoms with Crippen LogP contribution in [0.5, 0.6) is 0 Å². The van der Waals surface area contributed by atoms with E-state index in [4.69, 9.17) is 5.73 Å². The van der Waals surface area contributed by atoms with Crippen LogP contribution in [0, 0.1) is 0 Å². The molecule has 2 aromatic heterocycles. The maximum absolute atomic E-state index is 13.1. The summed E-state index contributed by atoms with van der Waals surface area (Å²) in [5.74, 6) is -0.00268. The maximum atomic E-state index is 13.1. The van der Waals surface area contributed by atoms with Crippen molar-refractivity contribution in [1.82, 2.24) is 19.4 Å². The number of rotatable bonds is 6. The molecule has 27 heavy (non-hydrogen) atoms. The van der Waals surface area contributed by atoms with Gasteiger partial charge in [0.15, 0.2) is 5.65 Å². The molecule has 8 nitrogen and oxygen atoms in total. The number of aromatic nitrogens is 3. The first-order valence-electron chi connectivity index (χ1n) is 9.04. The molecular weight excluding hydrogens is 370 g/mol. The Kier molecular flexibility index (Phi) is 6.43. The summed E-state index contributed by atoms with van der Waals surface area (Å²) in [5, 5.41) is 0.170. The maximum Gasteiger partial charge on any atom is 0.329 e.